The highest BCUT2D eigenvalue weighted by atomic mass is 32.2. The molecular weight excluding hydrogens is 454 g/mol. The van der Waals surface area contributed by atoms with E-state index in [2.05, 4.69) is 30.5 Å². The Labute approximate surface area is 202 Å². The molecule has 0 radical (unpaired) electrons. The van der Waals surface area contributed by atoms with Crippen molar-refractivity contribution in [3.8, 4) is 11.1 Å². The molecule has 0 unspecified atom stereocenters. The Morgan fingerprint density at radius 1 is 1.09 bits per heavy atom. The topological polar surface area (TPSA) is 91.9 Å². The molecule has 34 heavy (non-hydrogen) atoms. The summed E-state index contributed by atoms with van der Waals surface area (Å²) >= 11 is 1.14. The molecule has 8 heteroatoms. The highest BCUT2D eigenvalue weighted by Gasteiger charge is 2.24. The highest BCUT2D eigenvalue weighted by Crippen LogP contribution is 2.29. The first-order chi connectivity index (χ1) is 16.0. The van der Waals surface area contributed by atoms with E-state index in [1.165, 1.54) is 0 Å². The van der Waals surface area contributed by atoms with Crippen molar-refractivity contribution in [2.45, 2.75) is 39.5 Å². The predicted molar refractivity (Wildman–Crippen MR) is 137 cm³/mol. The molecule has 178 valence electrons. The zero-order chi connectivity index (χ0) is 25.0. The van der Waals surface area contributed by atoms with Crippen LogP contribution < -0.4 is 10.5 Å². The van der Waals surface area contributed by atoms with E-state index in [9.17, 15) is 13.6 Å². The van der Waals surface area contributed by atoms with Gasteiger partial charge in [-0.05, 0) is 41.2 Å². The Hall–Kier alpha value is -3.26. The molecule has 0 aliphatic heterocycles. The second-order valence-electron chi connectivity index (χ2n) is 8.92. The molecule has 4 N–H and O–H groups in total. The molecule has 0 spiro atoms. The van der Waals surface area contributed by atoms with Crippen LogP contribution >= 0.6 is 11.9 Å². The number of pyridine rings is 1. The van der Waals surface area contributed by atoms with Crippen molar-refractivity contribution >= 4 is 34.9 Å². The number of nitrogen functional groups attached to an aromatic ring is 1. The molecule has 3 aromatic rings. The molecular formula is C26H28F2N4OS. The van der Waals surface area contributed by atoms with Gasteiger partial charge in [0.25, 0.3) is 0 Å². The third kappa shape index (κ3) is 5.44. The maximum atomic E-state index is 15.0. The summed E-state index contributed by atoms with van der Waals surface area (Å²) < 4.78 is 31.7. The van der Waals surface area contributed by atoms with Gasteiger partial charge < -0.3 is 10.5 Å². The number of nitrogens with one attached hydrogen (secondary N) is 2. The van der Waals surface area contributed by atoms with Crippen molar-refractivity contribution in [1.29, 1.82) is 5.41 Å². The minimum Gasteiger partial charge on any atom is -0.383 e. The van der Waals surface area contributed by atoms with Crippen molar-refractivity contribution in [2.75, 3.05) is 16.2 Å². The molecule has 0 atom stereocenters. The molecule has 1 heterocycles. The summed E-state index contributed by atoms with van der Waals surface area (Å²) in [5.74, 6) is -2.15. The van der Waals surface area contributed by atoms with Gasteiger partial charge in [-0.1, -0.05) is 63.9 Å². The number of rotatable bonds is 8. The number of benzene rings is 2. The fraction of sp³-hybridized carbons (Fsp3) is 0.269. The molecule has 0 aliphatic carbocycles. The van der Waals surface area contributed by atoms with Crippen LogP contribution in [-0.2, 0) is 5.41 Å². The summed E-state index contributed by atoms with van der Waals surface area (Å²) in [6.07, 6.45) is 2.37. The number of Topliss-reactive ketones (excluding diaryl/α,β-unsaturated/α-hetero) is 1. The summed E-state index contributed by atoms with van der Waals surface area (Å²) in [5, 5.41) is 8.42. The van der Waals surface area contributed by atoms with Gasteiger partial charge in [-0.15, -0.1) is 0 Å². The van der Waals surface area contributed by atoms with E-state index in [1.54, 1.807) is 12.3 Å². The average Bonchev–Trinajstić information content (AvgIpc) is 2.80. The van der Waals surface area contributed by atoms with Crippen LogP contribution in [0.2, 0.25) is 0 Å². The van der Waals surface area contributed by atoms with Crippen LogP contribution in [0.3, 0.4) is 0 Å². The summed E-state index contributed by atoms with van der Waals surface area (Å²) in [6.45, 7) is 8.30. The first-order valence-electron chi connectivity index (χ1n) is 10.9. The van der Waals surface area contributed by atoms with Gasteiger partial charge in [0.05, 0.1) is 5.56 Å². The van der Waals surface area contributed by atoms with E-state index in [4.69, 9.17) is 11.1 Å². The zero-order valence-corrected chi connectivity index (χ0v) is 20.4. The minimum absolute atomic E-state index is 0.000408. The van der Waals surface area contributed by atoms with Crippen LogP contribution in [0.1, 0.15) is 55.6 Å². The van der Waals surface area contributed by atoms with Crippen LogP contribution in [-0.4, -0.2) is 22.2 Å². The number of carbonyl (C=O) groups excluding carboxylic acids is 1. The van der Waals surface area contributed by atoms with Crippen molar-refractivity contribution in [2.24, 2.45) is 0 Å². The lowest BCUT2D eigenvalue weighted by molar-refractivity contribution is 0.106. The number of ketones is 1. The van der Waals surface area contributed by atoms with Crippen molar-refractivity contribution in [3.63, 3.8) is 0 Å². The Morgan fingerprint density at radius 2 is 1.76 bits per heavy atom. The molecule has 0 fully saturated rings. The van der Waals surface area contributed by atoms with E-state index >= 15 is 0 Å². The van der Waals surface area contributed by atoms with Gasteiger partial charge in [0.2, 0.25) is 5.78 Å². The van der Waals surface area contributed by atoms with Gasteiger partial charge >= 0.3 is 0 Å². The van der Waals surface area contributed by atoms with Crippen LogP contribution in [0, 0.1) is 17.0 Å². The molecule has 0 saturated carbocycles. The summed E-state index contributed by atoms with van der Waals surface area (Å²) in [5.41, 5.74) is 7.38. The smallest absolute Gasteiger partial charge is 0.214 e. The van der Waals surface area contributed by atoms with Crippen LogP contribution in [0.5, 0.6) is 0 Å². The van der Waals surface area contributed by atoms with E-state index < -0.39 is 34.4 Å². The van der Waals surface area contributed by atoms with Crippen LogP contribution in [0.25, 0.3) is 11.1 Å². The second-order valence-corrected chi connectivity index (χ2v) is 9.82. The summed E-state index contributed by atoms with van der Waals surface area (Å²) in [4.78, 5) is 17.2. The molecule has 0 bridgehead atoms. The van der Waals surface area contributed by atoms with Crippen LogP contribution in [0.4, 0.5) is 20.3 Å². The SMILES string of the molecule is CCCSNc1c(F)ccc(C(=O)C(=N)c2cc(-c3ccc(C(C)(C)C)cc3)cnc2N)c1F. The van der Waals surface area contributed by atoms with Crippen molar-refractivity contribution in [1.82, 2.24) is 4.98 Å². The Balaban J connectivity index is 1.93. The Kier molecular flexibility index (Phi) is 7.71. The van der Waals surface area contributed by atoms with Crippen molar-refractivity contribution in [3.05, 3.63) is 77.0 Å². The minimum atomic E-state index is -1.04. The zero-order valence-electron chi connectivity index (χ0n) is 19.6. The molecule has 0 amide bonds. The second kappa shape index (κ2) is 10.3. The summed E-state index contributed by atoms with van der Waals surface area (Å²) in [6, 6.07) is 11.5. The standard InChI is InChI=1S/C26H28F2N4OS/c1-5-12-34-32-23-20(27)11-10-18(21(23)28)24(33)22(29)19-13-16(14-31-25(19)30)15-6-8-17(9-7-15)26(2,3)4/h6-11,13-14,29,32H,5,12H2,1-4H3,(H2,30,31). The molecule has 0 saturated heterocycles. The number of nitrogens with zero attached hydrogens (tertiary/aromatic N) is 1. The summed E-state index contributed by atoms with van der Waals surface area (Å²) in [7, 11) is 0. The Morgan fingerprint density at radius 3 is 2.38 bits per heavy atom. The monoisotopic (exact) mass is 482 g/mol. The molecule has 5 nitrogen and oxygen atoms in total. The number of hydrogen-bond donors (Lipinski definition) is 3. The number of anilines is 2. The maximum Gasteiger partial charge on any atom is 0.214 e. The fourth-order valence-electron chi connectivity index (χ4n) is 3.30. The molecule has 1 aromatic heterocycles. The van der Waals surface area contributed by atoms with Gasteiger partial charge in [0, 0.05) is 23.1 Å². The first-order valence-corrected chi connectivity index (χ1v) is 11.9. The molecule has 3 rings (SSSR count). The van der Waals surface area contributed by atoms with E-state index in [0.29, 0.717) is 11.3 Å². The lowest BCUT2D eigenvalue weighted by atomic mass is 9.86. The third-order valence-electron chi connectivity index (χ3n) is 5.32. The average molecular weight is 483 g/mol. The quantitative estimate of drug-likeness (QED) is 0.145. The lowest BCUT2D eigenvalue weighted by Crippen LogP contribution is -2.19. The number of aromatic nitrogens is 1. The Bertz CT molecular complexity index is 1220. The van der Waals surface area contributed by atoms with Gasteiger partial charge in [0.15, 0.2) is 5.82 Å². The van der Waals surface area contributed by atoms with E-state index in [1.807, 2.05) is 31.2 Å². The van der Waals surface area contributed by atoms with Crippen molar-refractivity contribution < 1.29 is 13.6 Å². The van der Waals surface area contributed by atoms with Crippen LogP contribution in [0.15, 0.2) is 48.7 Å². The highest BCUT2D eigenvalue weighted by molar-refractivity contribution is 8.00. The number of hydrogen-bond acceptors (Lipinski definition) is 6. The largest absolute Gasteiger partial charge is 0.383 e. The van der Waals surface area contributed by atoms with E-state index in [0.717, 1.165) is 41.6 Å². The predicted octanol–water partition coefficient (Wildman–Crippen LogP) is 6.63. The lowest BCUT2D eigenvalue weighted by Gasteiger charge is -2.19. The molecule has 0 aliphatic rings. The number of nitrogens with two attached hydrogens (primary N) is 1. The van der Waals surface area contributed by atoms with Gasteiger partial charge in [-0.3, -0.25) is 10.2 Å². The fourth-order valence-corrected chi connectivity index (χ4v) is 3.94. The van der Waals surface area contributed by atoms with E-state index in [-0.39, 0.29) is 16.8 Å². The van der Waals surface area contributed by atoms with Gasteiger partial charge in [0.1, 0.15) is 23.0 Å². The number of halogens is 2. The first kappa shape index (κ1) is 25.4. The van der Waals surface area contributed by atoms with Gasteiger partial charge in [-0.2, -0.15) is 0 Å². The number of carbonyl (C=O) groups is 1. The maximum absolute atomic E-state index is 15.0. The molecule has 2 aromatic carbocycles. The third-order valence-corrected chi connectivity index (χ3v) is 6.28. The normalized spacial score (nSPS) is 11.4. The van der Waals surface area contributed by atoms with Gasteiger partial charge in [-0.25, -0.2) is 13.8 Å².